The lowest BCUT2D eigenvalue weighted by Crippen LogP contribution is -2.25. The standard InChI is InChI=1S/C19H23N2O/c1-15-13-17(22-12-11-21-9-5-6-10-21)14-16(2)19(15)18-7-3-4-8-20-18/h3-4,7,13-14H,5-6,9-12H2,1-2H3. The third kappa shape index (κ3) is 3.47. The van der Waals surface area contributed by atoms with Gasteiger partial charge < -0.3 is 4.74 Å². The van der Waals surface area contributed by atoms with Gasteiger partial charge in [0.1, 0.15) is 12.4 Å². The van der Waals surface area contributed by atoms with Gasteiger partial charge in [-0.1, -0.05) is 6.07 Å². The van der Waals surface area contributed by atoms with Crippen molar-refractivity contribution in [3.63, 3.8) is 0 Å². The quantitative estimate of drug-likeness (QED) is 0.842. The van der Waals surface area contributed by atoms with Crippen molar-refractivity contribution in [2.75, 3.05) is 26.2 Å². The molecule has 0 atom stereocenters. The first-order valence-electron chi connectivity index (χ1n) is 8.04. The van der Waals surface area contributed by atoms with Gasteiger partial charge in [-0.15, -0.1) is 0 Å². The average molecular weight is 295 g/mol. The second kappa shape index (κ2) is 6.93. The zero-order valence-corrected chi connectivity index (χ0v) is 13.4. The van der Waals surface area contributed by atoms with E-state index in [1.54, 1.807) is 0 Å². The minimum atomic E-state index is 0.760. The van der Waals surface area contributed by atoms with Gasteiger partial charge in [-0.25, -0.2) is 4.98 Å². The number of pyridine rings is 1. The zero-order chi connectivity index (χ0) is 15.4. The van der Waals surface area contributed by atoms with Crippen molar-refractivity contribution in [3.8, 4) is 17.0 Å². The number of hydrogen-bond acceptors (Lipinski definition) is 3. The van der Waals surface area contributed by atoms with E-state index in [0.717, 1.165) is 24.6 Å². The predicted octanol–water partition coefficient (Wildman–Crippen LogP) is 3.64. The summed E-state index contributed by atoms with van der Waals surface area (Å²) in [6.07, 6.45) is 5.56. The van der Waals surface area contributed by atoms with Crippen LogP contribution in [0.1, 0.15) is 24.0 Å². The van der Waals surface area contributed by atoms with Crippen LogP contribution in [0.2, 0.25) is 0 Å². The molecule has 1 aromatic carbocycles. The zero-order valence-electron chi connectivity index (χ0n) is 13.4. The molecule has 115 valence electrons. The largest absolute Gasteiger partial charge is 0.492 e. The Bertz CT molecular complexity index is 596. The molecule has 0 unspecified atom stereocenters. The highest BCUT2D eigenvalue weighted by Crippen LogP contribution is 2.29. The lowest BCUT2D eigenvalue weighted by Gasteiger charge is -2.16. The van der Waals surface area contributed by atoms with E-state index >= 15 is 0 Å². The van der Waals surface area contributed by atoms with E-state index in [-0.39, 0.29) is 0 Å². The van der Waals surface area contributed by atoms with Crippen LogP contribution in [-0.4, -0.2) is 36.1 Å². The lowest BCUT2D eigenvalue weighted by molar-refractivity contribution is 0.237. The van der Waals surface area contributed by atoms with Crippen LogP contribution in [0.25, 0.3) is 11.3 Å². The predicted molar refractivity (Wildman–Crippen MR) is 89.2 cm³/mol. The second-order valence-electron chi connectivity index (χ2n) is 5.98. The fourth-order valence-corrected chi connectivity index (χ4v) is 3.18. The molecule has 1 fully saturated rings. The van der Waals surface area contributed by atoms with Gasteiger partial charge in [-0.2, -0.15) is 0 Å². The monoisotopic (exact) mass is 295 g/mol. The van der Waals surface area contributed by atoms with Gasteiger partial charge in [0.05, 0.1) is 11.9 Å². The minimum Gasteiger partial charge on any atom is -0.492 e. The molecule has 0 spiro atoms. The maximum atomic E-state index is 5.95. The number of nitrogens with zero attached hydrogens (tertiary/aromatic N) is 2. The Morgan fingerprint density at radius 3 is 2.55 bits per heavy atom. The molecule has 0 amide bonds. The van der Waals surface area contributed by atoms with Crippen molar-refractivity contribution in [1.82, 2.24) is 9.88 Å². The van der Waals surface area contributed by atoms with Gasteiger partial charge in [-0.3, -0.25) is 4.90 Å². The van der Waals surface area contributed by atoms with E-state index in [1.165, 1.54) is 42.6 Å². The van der Waals surface area contributed by atoms with Gasteiger partial charge in [0.15, 0.2) is 0 Å². The fourth-order valence-electron chi connectivity index (χ4n) is 3.18. The van der Waals surface area contributed by atoms with Gasteiger partial charge >= 0.3 is 0 Å². The molecule has 1 aromatic heterocycles. The summed E-state index contributed by atoms with van der Waals surface area (Å²) >= 11 is 0. The lowest BCUT2D eigenvalue weighted by atomic mass is 9.99. The normalized spacial score (nSPS) is 15.2. The summed E-state index contributed by atoms with van der Waals surface area (Å²) in [6, 6.07) is 10.0. The molecule has 1 radical (unpaired) electrons. The Balaban J connectivity index is 1.69. The molecule has 3 nitrogen and oxygen atoms in total. The third-order valence-corrected chi connectivity index (χ3v) is 4.25. The summed E-state index contributed by atoms with van der Waals surface area (Å²) in [7, 11) is 0. The smallest absolute Gasteiger partial charge is 0.119 e. The van der Waals surface area contributed by atoms with Gasteiger partial charge in [0.2, 0.25) is 0 Å². The Morgan fingerprint density at radius 2 is 1.91 bits per heavy atom. The first kappa shape index (κ1) is 15.0. The molecule has 2 heterocycles. The molecule has 3 heteroatoms. The van der Waals surface area contributed by atoms with E-state index < -0.39 is 0 Å². The summed E-state index contributed by atoms with van der Waals surface area (Å²) in [4.78, 5) is 6.81. The Kier molecular flexibility index (Phi) is 4.74. The van der Waals surface area contributed by atoms with Crippen LogP contribution in [0.3, 0.4) is 0 Å². The summed E-state index contributed by atoms with van der Waals surface area (Å²) in [5.41, 5.74) is 4.55. The van der Waals surface area contributed by atoms with Crippen LogP contribution < -0.4 is 4.74 Å². The third-order valence-electron chi connectivity index (χ3n) is 4.25. The molecular formula is C19H23N2O. The van der Waals surface area contributed by atoms with Gasteiger partial charge in [-0.05, 0) is 75.2 Å². The summed E-state index contributed by atoms with van der Waals surface area (Å²) in [6.45, 7) is 8.45. The Morgan fingerprint density at radius 1 is 1.18 bits per heavy atom. The maximum absolute atomic E-state index is 5.95. The first-order chi connectivity index (χ1) is 10.7. The van der Waals surface area contributed by atoms with Crippen molar-refractivity contribution < 1.29 is 4.74 Å². The second-order valence-corrected chi connectivity index (χ2v) is 5.98. The number of rotatable bonds is 5. The Labute approximate surface area is 132 Å². The maximum Gasteiger partial charge on any atom is 0.119 e. The van der Waals surface area contributed by atoms with E-state index in [0.29, 0.717) is 0 Å². The molecule has 22 heavy (non-hydrogen) atoms. The molecular weight excluding hydrogens is 272 g/mol. The van der Waals surface area contributed by atoms with Crippen molar-refractivity contribution in [2.45, 2.75) is 26.7 Å². The van der Waals surface area contributed by atoms with E-state index in [2.05, 4.69) is 42.1 Å². The molecule has 2 aromatic rings. The van der Waals surface area contributed by atoms with Gasteiger partial charge in [0.25, 0.3) is 0 Å². The van der Waals surface area contributed by atoms with Crippen LogP contribution in [0.15, 0.2) is 30.3 Å². The van der Waals surface area contributed by atoms with Crippen LogP contribution in [0.5, 0.6) is 5.75 Å². The molecule has 0 aliphatic carbocycles. The van der Waals surface area contributed by atoms with Crippen molar-refractivity contribution in [2.24, 2.45) is 0 Å². The summed E-state index contributed by atoms with van der Waals surface area (Å²) in [5, 5.41) is 0. The summed E-state index contributed by atoms with van der Waals surface area (Å²) in [5.74, 6) is 0.956. The highest BCUT2D eigenvalue weighted by Gasteiger charge is 2.12. The SMILES string of the molecule is Cc1cc(OCCN2CCCC2)cc(C)c1-c1ccc[c]n1. The first-order valence-corrected chi connectivity index (χ1v) is 8.04. The highest BCUT2D eigenvalue weighted by atomic mass is 16.5. The van der Waals surface area contributed by atoms with E-state index in [1.807, 2.05) is 18.2 Å². The van der Waals surface area contributed by atoms with E-state index in [4.69, 9.17) is 4.74 Å². The summed E-state index contributed by atoms with van der Waals surface area (Å²) < 4.78 is 5.95. The number of likely N-dealkylation sites (tertiary alicyclic amines) is 1. The van der Waals surface area contributed by atoms with Crippen LogP contribution >= 0.6 is 0 Å². The van der Waals surface area contributed by atoms with Crippen LogP contribution in [0.4, 0.5) is 0 Å². The van der Waals surface area contributed by atoms with Crippen LogP contribution in [0, 0.1) is 20.0 Å². The number of aryl methyl sites for hydroxylation is 2. The number of ether oxygens (including phenoxy) is 1. The highest BCUT2D eigenvalue weighted by molar-refractivity contribution is 5.68. The molecule has 1 aliphatic heterocycles. The van der Waals surface area contributed by atoms with Crippen molar-refractivity contribution >= 4 is 0 Å². The molecule has 0 N–H and O–H groups in total. The molecule has 1 saturated heterocycles. The van der Waals surface area contributed by atoms with Gasteiger partial charge in [0, 0.05) is 12.1 Å². The average Bonchev–Trinajstić information content (AvgIpc) is 3.01. The molecule has 3 rings (SSSR count). The number of benzene rings is 1. The van der Waals surface area contributed by atoms with E-state index in [9.17, 15) is 0 Å². The molecule has 0 saturated carbocycles. The van der Waals surface area contributed by atoms with Crippen LogP contribution in [-0.2, 0) is 0 Å². The molecule has 0 bridgehead atoms. The number of hydrogen-bond donors (Lipinski definition) is 0. The topological polar surface area (TPSA) is 25.4 Å². The minimum absolute atomic E-state index is 0.760. The van der Waals surface area contributed by atoms with Crippen molar-refractivity contribution in [1.29, 1.82) is 0 Å². The van der Waals surface area contributed by atoms with Crippen molar-refractivity contribution in [3.05, 3.63) is 47.7 Å². The fraction of sp³-hybridized carbons (Fsp3) is 0.421. The Hall–Kier alpha value is -1.87. The molecule has 1 aliphatic rings. The number of aromatic nitrogens is 1.